The zero-order valence-corrected chi connectivity index (χ0v) is 16.8. The van der Waals surface area contributed by atoms with Gasteiger partial charge in [0.25, 0.3) is 5.91 Å². The fraction of sp³-hybridized carbons (Fsp3) is 0.0833. The average Bonchev–Trinajstić information content (AvgIpc) is 3.32. The second-order valence-electron chi connectivity index (χ2n) is 6.48. The molecule has 4 aromatic rings. The van der Waals surface area contributed by atoms with Gasteiger partial charge in [0, 0.05) is 18.3 Å². The van der Waals surface area contributed by atoms with Gasteiger partial charge in [-0.25, -0.2) is 0 Å². The Morgan fingerprint density at radius 1 is 1.00 bits per heavy atom. The minimum absolute atomic E-state index is 0.108. The fourth-order valence-electron chi connectivity index (χ4n) is 3.11. The highest BCUT2D eigenvalue weighted by Crippen LogP contribution is 2.26. The van der Waals surface area contributed by atoms with Crippen LogP contribution in [0.25, 0.3) is 21.7 Å². The van der Waals surface area contributed by atoms with Crippen LogP contribution in [-0.2, 0) is 6.54 Å². The van der Waals surface area contributed by atoms with Crippen molar-refractivity contribution in [3.05, 3.63) is 95.5 Å². The van der Waals surface area contributed by atoms with Crippen molar-refractivity contribution >= 4 is 17.2 Å². The van der Waals surface area contributed by atoms with Gasteiger partial charge in [-0.1, -0.05) is 36.4 Å². The van der Waals surface area contributed by atoms with E-state index in [0.29, 0.717) is 12.1 Å². The van der Waals surface area contributed by atoms with Crippen LogP contribution in [0, 0.1) is 0 Å². The number of nitrogens with one attached hydrogen (secondary N) is 1. The Labute approximate surface area is 173 Å². The van der Waals surface area contributed by atoms with E-state index in [4.69, 9.17) is 4.74 Å². The lowest BCUT2D eigenvalue weighted by Gasteiger charge is -2.10. The quantitative estimate of drug-likeness (QED) is 0.470. The van der Waals surface area contributed by atoms with E-state index in [1.165, 1.54) is 0 Å². The third kappa shape index (κ3) is 4.36. The highest BCUT2D eigenvalue weighted by molar-refractivity contribution is 7.13. The first-order valence-electron chi connectivity index (χ1n) is 9.25. The maximum absolute atomic E-state index is 12.6. The number of nitrogens with zero attached hydrogens (tertiary/aromatic N) is 1. The topological polar surface area (TPSA) is 51.2 Å². The van der Waals surface area contributed by atoms with Crippen LogP contribution in [0.15, 0.2) is 84.4 Å². The Morgan fingerprint density at radius 3 is 2.62 bits per heavy atom. The van der Waals surface area contributed by atoms with Crippen LogP contribution in [0.1, 0.15) is 15.9 Å². The number of methoxy groups -OCH3 is 1. The molecule has 1 amide bonds. The van der Waals surface area contributed by atoms with Crippen LogP contribution in [-0.4, -0.2) is 18.0 Å². The lowest BCUT2D eigenvalue weighted by molar-refractivity contribution is 0.0951. The fourth-order valence-corrected chi connectivity index (χ4v) is 3.87. The molecule has 0 saturated carbocycles. The summed E-state index contributed by atoms with van der Waals surface area (Å²) in [6.45, 7) is 0.428. The molecule has 0 saturated heterocycles. The van der Waals surface area contributed by atoms with Gasteiger partial charge < -0.3 is 10.1 Å². The van der Waals surface area contributed by atoms with E-state index in [0.717, 1.165) is 33.0 Å². The van der Waals surface area contributed by atoms with Gasteiger partial charge >= 0.3 is 0 Å². The summed E-state index contributed by atoms with van der Waals surface area (Å²) in [4.78, 5) is 18.2. The van der Waals surface area contributed by atoms with Crippen molar-refractivity contribution < 1.29 is 9.53 Å². The van der Waals surface area contributed by atoms with Gasteiger partial charge in [0.2, 0.25) is 0 Å². The molecule has 4 nitrogen and oxygen atoms in total. The Balaban J connectivity index is 1.46. The number of pyridine rings is 1. The van der Waals surface area contributed by atoms with Crippen LogP contribution in [0.2, 0.25) is 0 Å². The predicted octanol–water partition coefficient (Wildman–Crippen LogP) is 5.42. The molecule has 144 valence electrons. The third-order valence-electron chi connectivity index (χ3n) is 4.64. The predicted molar refractivity (Wildman–Crippen MR) is 117 cm³/mol. The Hall–Kier alpha value is -3.44. The van der Waals surface area contributed by atoms with Crippen molar-refractivity contribution in [2.75, 3.05) is 7.11 Å². The molecule has 4 rings (SSSR count). The van der Waals surface area contributed by atoms with Crippen molar-refractivity contribution in [1.29, 1.82) is 0 Å². The lowest BCUT2D eigenvalue weighted by atomic mass is 10.0. The van der Waals surface area contributed by atoms with E-state index in [2.05, 4.69) is 10.3 Å². The third-order valence-corrected chi connectivity index (χ3v) is 5.51. The first-order valence-corrected chi connectivity index (χ1v) is 10.1. The van der Waals surface area contributed by atoms with Crippen LogP contribution >= 0.6 is 11.3 Å². The number of thiophene rings is 1. The van der Waals surface area contributed by atoms with E-state index >= 15 is 0 Å². The zero-order valence-electron chi connectivity index (χ0n) is 16.0. The number of ether oxygens (including phenoxy) is 1. The van der Waals surface area contributed by atoms with Gasteiger partial charge in [0.15, 0.2) is 0 Å². The second kappa shape index (κ2) is 8.71. The molecule has 1 N–H and O–H groups in total. The van der Waals surface area contributed by atoms with E-state index < -0.39 is 0 Å². The number of carbonyl (C=O) groups is 1. The molecule has 0 aliphatic carbocycles. The first kappa shape index (κ1) is 18.9. The normalized spacial score (nSPS) is 10.5. The number of hydrogen-bond donors (Lipinski definition) is 1. The molecule has 2 aromatic heterocycles. The van der Waals surface area contributed by atoms with Crippen molar-refractivity contribution in [3.63, 3.8) is 0 Å². The highest BCUT2D eigenvalue weighted by atomic mass is 32.1. The first-order chi connectivity index (χ1) is 14.2. The highest BCUT2D eigenvalue weighted by Gasteiger charge is 2.10. The zero-order chi connectivity index (χ0) is 20.1. The molecule has 0 fully saturated rings. The molecule has 2 heterocycles. The molecule has 0 unspecified atom stereocenters. The number of amides is 1. The Bertz CT molecular complexity index is 1110. The Kier molecular flexibility index (Phi) is 5.68. The average molecular weight is 401 g/mol. The molecule has 0 radical (unpaired) electrons. The van der Waals surface area contributed by atoms with Crippen LogP contribution < -0.4 is 10.1 Å². The van der Waals surface area contributed by atoms with E-state index in [-0.39, 0.29) is 5.91 Å². The summed E-state index contributed by atoms with van der Waals surface area (Å²) in [5, 5.41) is 5.02. The van der Waals surface area contributed by atoms with Crippen molar-refractivity contribution in [2.24, 2.45) is 0 Å². The smallest absolute Gasteiger partial charge is 0.251 e. The van der Waals surface area contributed by atoms with Crippen molar-refractivity contribution in [1.82, 2.24) is 10.3 Å². The minimum atomic E-state index is -0.108. The maximum atomic E-state index is 12.6. The molecule has 0 spiro atoms. The monoisotopic (exact) mass is 400 g/mol. The summed E-state index contributed by atoms with van der Waals surface area (Å²) in [6, 6.07) is 23.4. The molecule has 0 aliphatic heterocycles. The summed E-state index contributed by atoms with van der Waals surface area (Å²) in [7, 11) is 1.65. The summed E-state index contributed by atoms with van der Waals surface area (Å²) in [5.74, 6) is 0.700. The summed E-state index contributed by atoms with van der Waals surface area (Å²) in [5.41, 5.74) is 4.62. The van der Waals surface area contributed by atoms with Gasteiger partial charge in [-0.3, -0.25) is 9.78 Å². The molecule has 0 atom stereocenters. The molecular weight excluding hydrogens is 380 g/mol. The largest absolute Gasteiger partial charge is 0.497 e. The second-order valence-corrected chi connectivity index (χ2v) is 7.43. The molecular formula is C24H20N2O2S. The number of carbonyl (C=O) groups excluding carboxylic acids is 1. The molecule has 0 aliphatic rings. The van der Waals surface area contributed by atoms with Crippen LogP contribution in [0.4, 0.5) is 0 Å². The minimum Gasteiger partial charge on any atom is -0.497 e. The Morgan fingerprint density at radius 2 is 1.86 bits per heavy atom. The van der Waals surface area contributed by atoms with Crippen molar-refractivity contribution in [2.45, 2.75) is 6.54 Å². The summed E-state index contributed by atoms with van der Waals surface area (Å²) >= 11 is 1.64. The van der Waals surface area contributed by atoms with E-state index in [1.54, 1.807) is 24.6 Å². The molecule has 5 heteroatoms. The SMILES string of the molecule is COc1cccc(-c2ccc(C(=O)NCc3cccnc3-c3cccs3)cc2)c1. The van der Waals surface area contributed by atoms with Crippen LogP contribution in [0.5, 0.6) is 5.75 Å². The van der Waals surface area contributed by atoms with Gasteiger partial charge in [-0.05, 0) is 58.5 Å². The number of rotatable bonds is 6. The number of hydrogen-bond acceptors (Lipinski definition) is 4. The molecule has 29 heavy (non-hydrogen) atoms. The summed E-state index contributed by atoms with van der Waals surface area (Å²) < 4.78 is 5.28. The lowest BCUT2D eigenvalue weighted by Crippen LogP contribution is -2.23. The molecule has 2 aromatic carbocycles. The summed E-state index contributed by atoms with van der Waals surface area (Å²) in [6.07, 6.45) is 1.78. The van der Waals surface area contributed by atoms with Crippen LogP contribution in [0.3, 0.4) is 0 Å². The van der Waals surface area contributed by atoms with Crippen molar-refractivity contribution in [3.8, 4) is 27.4 Å². The number of aromatic nitrogens is 1. The van der Waals surface area contributed by atoms with Gasteiger partial charge in [-0.2, -0.15) is 0 Å². The van der Waals surface area contributed by atoms with E-state index in [1.807, 2.05) is 78.2 Å². The van der Waals surface area contributed by atoms with Gasteiger partial charge in [0.05, 0.1) is 17.7 Å². The maximum Gasteiger partial charge on any atom is 0.251 e. The number of benzene rings is 2. The molecule has 0 bridgehead atoms. The van der Waals surface area contributed by atoms with Gasteiger partial charge in [-0.15, -0.1) is 11.3 Å². The standard InChI is InChI=1S/C24H20N2O2S/c1-28-21-7-2-5-19(15-21)17-9-11-18(12-10-17)24(27)26-16-20-6-3-13-25-23(20)22-8-4-14-29-22/h2-15H,16H2,1H3,(H,26,27). The van der Waals surface area contributed by atoms with Gasteiger partial charge in [0.1, 0.15) is 5.75 Å². The van der Waals surface area contributed by atoms with E-state index in [9.17, 15) is 4.79 Å².